The molecule has 0 saturated carbocycles. The van der Waals surface area contributed by atoms with Crippen LogP contribution >= 0.6 is 0 Å². The van der Waals surface area contributed by atoms with Crippen molar-refractivity contribution in [2.45, 2.75) is 71.2 Å². The van der Waals surface area contributed by atoms with E-state index in [0.717, 1.165) is 16.5 Å². The van der Waals surface area contributed by atoms with E-state index in [9.17, 15) is 29.4 Å². The molecule has 12 heteroatoms. The van der Waals surface area contributed by atoms with Gasteiger partial charge in [-0.1, -0.05) is 13.8 Å². The van der Waals surface area contributed by atoms with Gasteiger partial charge >= 0.3 is 5.97 Å². The van der Waals surface area contributed by atoms with Crippen molar-refractivity contribution in [3.8, 4) is 11.4 Å². The van der Waals surface area contributed by atoms with Crippen LogP contribution in [0.3, 0.4) is 0 Å². The van der Waals surface area contributed by atoms with Crippen molar-refractivity contribution < 1.29 is 33.7 Å². The Morgan fingerprint density at radius 1 is 1.23 bits per heavy atom. The number of esters is 1. The maximum atomic E-state index is 15.1. The molecule has 3 N–H and O–H groups in total. The van der Waals surface area contributed by atoms with Gasteiger partial charge in [-0.15, -0.1) is 0 Å². The zero-order chi connectivity index (χ0) is 30.8. The summed E-state index contributed by atoms with van der Waals surface area (Å²) in [6.07, 6.45) is 1.13. The first-order valence-corrected chi connectivity index (χ1v) is 14.5. The molecule has 4 heterocycles. The monoisotopic (exact) mass is 592 g/mol. The predicted molar refractivity (Wildman–Crippen MR) is 152 cm³/mol. The number of cyclic esters (lactones) is 1. The SMILES string of the molecule is CCC(=O)N(CCO)CC(=O)N[C@H]1CCc2c(C)c(F)cc3nc4c(c1c23)Cn1c-4cc2c(c1=O)COC(=O)[C@]2(O)CC. The number of aliphatic hydroxyl groups excluding tert-OH is 1. The van der Waals surface area contributed by atoms with Crippen molar-refractivity contribution in [3.63, 3.8) is 0 Å². The van der Waals surface area contributed by atoms with E-state index in [0.29, 0.717) is 40.9 Å². The minimum atomic E-state index is -1.99. The highest BCUT2D eigenvalue weighted by Crippen LogP contribution is 2.45. The van der Waals surface area contributed by atoms with Crippen molar-refractivity contribution in [2.75, 3.05) is 19.7 Å². The molecule has 0 unspecified atom stereocenters. The van der Waals surface area contributed by atoms with Gasteiger partial charge < -0.3 is 29.7 Å². The average Bonchev–Trinajstić information content (AvgIpc) is 3.36. The Bertz CT molecular complexity index is 1780. The number of nitrogens with zero attached hydrogens (tertiary/aromatic N) is 3. The summed E-state index contributed by atoms with van der Waals surface area (Å²) in [5.41, 5.74) is 1.84. The Labute approximate surface area is 246 Å². The molecule has 0 bridgehead atoms. The van der Waals surface area contributed by atoms with E-state index in [1.807, 2.05) is 0 Å². The lowest BCUT2D eigenvalue weighted by molar-refractivity contribution is -0.172. The fourth-order valence-corrected chi connectivity index (χ4v) is 6.75. The number of aliphatic hydroxyl groups is 2. The summed E-state index contributed by atoms with van der Waals surface area (Å²) in [5, 5.41) is 24.4. The molecule has 1 aromatic carbocycles. The van der Waals surface area contributed by atoms with Gasteiger partial charge in [0.25, 0.3) is 5.56 Å². The summed E-state index contributed by atoms with van der Waals surface area (Å²) in [6, 6.07) is 2.43. The topological polar surface area (TPSA) is 151 Å². The smallest absolute Gasteiger partial charge is 0.343 e. The molecule has 3 aromatic rings. The fraction of sp³-hybridized carbons (Fsp3) is 0.452. The third-order valence-electron chi connectivity index (χ3n) is 9.07. The van der Waals surface area contributed by atoms with E-state index in [4.69, 9.17) is 9.72 Å². The zero-order valence-corrected chi connectivity index (χ0v) is 24.3. The van der Waals surface area contributed by atoms with Crippen LogP contribution in [-0.4, -0.2) is 62.1 Å². The molecule has 3 aliphatic rings. The van der Waals surface area contributed by atoms with Crippen molar-refractivity contribution in [2.24, 2.45) is 0 Å². The van der Waals surface area contributed by atoms with Crippen LogP contribution in [0.25, 0.3) is 22.3 Å². The number of halogens is 1. The van der Waals surface area contributed by atoms with Gasteiger partial charge in [-0.3, -0.25) is 14.4 Å². The number of hydrogen-bond acceptors (Lipinski definition) is 8. The Kier molecular flexibility index (Phi) is 7.09. The Hall–Kier alpha value is -4.16. The van der Waals surface area contributed by atoms with Crippen LogP contribution in [0, 0.1) is 12.7 Å². The van der Waals surface area contributed by atoms with E-state index in [2.05, 4.69) is 5.32 Å². The average molecular weight is 593 g/mol. The van der Waals surface area contributed by atoms with Crippen LogP contribution in [0.4, 0.5) is 4.39 Å². The summed E-state index contributed by atoms with van der Waals surface area (Å²) in [5.74, 6) is -1.91. The fourth-order valence-electron chi connectivity index (χ4n) is 6.75. The molecule has 43 heavy (non-hydrogen) atoms. The third kappa shape index (κ3) is 4.34. The maximum Gasteiger partial charge on any atom is 0.343 e. The summed E-state index contributed by atoms with van der Waals surface area (Å²) < 4.78 is 21.8. The molecule has 226 valence electrons. The quantitative estimate of drug-likeness (QED) is 0.275. The third-order valence-corrected chi connectivity index (χ3v) is 9.07. The van der Waals surface area contributed by atoms with Crippen molar-refractivity contribution in [3.05, 3.63) is 61.7 Å². The second-order valence-electron chi connectivity index (χ2n) is 11.4. The number of amides is 2. The molecule has 2 aliphatic heterocycles. The van der Waals surface area contributed by atoms with Crippen LogP contribution in [0.5, 0.6) is 0 Å². The van der Waals surface area contributed by atoms with Crippen LogP contribution in [0.15, 0.2) is 16.9 Å². The van der Waals surface area contributed by atoms with Gasteiger partial charge in [0, 0.05) is 35.5 Å². The van der Waals surface area contributed by atoms with Crippen LogP contribution < -0.4 is 10.9 Å². The van der Waals surface area contributed by atoms with E-state index in [1.54, 1.807) is 26.8 Å². The van der Waals surface area contributed by atoms with Gasteiger partial charge in [0.15, 0.2) is 5.60 Å². The number of nitrogens with one attached hydrogen (secondary N) is 1. The second kappa shape index (κ2) is 10.5. The molecular formula is C31H33FN4O7. The normalized spacial score (nSPS) is 19.9. The minimum absolute atomic E-state index is 0.000763. The molecule has 0 spiro atoms. The highest BCUT2D eigenvalue weighted by Gasteiger charge is 2.46. The number of hydrogen-bond donors (Lipinski definition) is 3. The summed E-state index contributed by atoms with van der Waals surface area (Å²) in [6.45, 7) is 4.40. The summed E-state index contributed by atoms with van der Waals surface area (Å²) in [4.78, 5) is 58.0. The minimum Gasteiger partial charge on any atom is -0.458 e. The first-order chi connectivity index (χ1) is 20.5. The van der Waals surface area contributed by atoms with Crippen LogP contribution in [0.2, 0.25) is 0 Å². The molecule has 11 nitrogen and oxygen atoms in total. The first kappa shape index (κ1) is 28.9. The number of benzene rings is 1. The number of aromatic nitrogens is 2. The summed E-state index contributed by atoms with van der Waals surface area (Å²) in [7, 11) is 0. The van der Waals surface area contributed by atoms with E-state index < -0.39 is 34.9 Å². The van der Waals surface area contributed by atoms with Gasteiger partial charge in [0.2, 0.25) is 11.8 Å². The lowest BCUT2D eigenvalue weighted by Gasteiger charge is -2.31. The first-order valence-electron chi connectivity index (χ1n) is 14.5. The molecule has 2 aromatic heterocycles. The van der Waals surface area contributed by atoms with E-state index in [1.165, 1.54) is 15.5 Å². The Balaban J connectivity index is 1.51. The largest absolute Gasteiger partial charge is 0.458 e. The molecule has 0 fully saturated rings. The van der Waals surface area contributed by atoms with Crippen molar-refractivity contribution in [1.29, 1.82) is 0 Å². The standard InChI is InChI=1S/C31H33FN4O7/c1-4-25(39)35(8-9-37)13-24(38)33-21-7-6-16-15(3)20(32)11-22-26(16)27(21)17-12-36-23(28(17)34-22)10-19-18(29(36)40)14-43-30(41)31(19,42)5-2/h10-11,21,37,42H,4-9,12-14H2,1-3H3,(H,33,38)/t21-,31-/m0/s1. The lowest BCUT2D eigenvalue weighted by atomic mass is 9.81. The van der Waals surface area contributed by atoms with Gasteiger partial charge in [0.1, 0.15) is 12.4 Å². The Morgan fingerprint density at radius 2 is 2.00 bits per heavy atom. The van der Waals surface area contributed by atoms with Crippen LogP contribution in [-0.2, 0) is 44.3 Å². The van der Waals surface area contributed by atoms with Crippen molar-refractivity contribution in [1.82, 2.24) is 19.8 Å². The maximum absolute atomic E-state index is 15.1. The number of carbonyl (C=O) groups excluding carboxylic acids is 3. The number of rotatable bonds is 7. The number of ether oxygens (including phenoxy) is 1. The van der Waals surface area contributed by atoms with E-state index in [-0.39, 0.29) is 62.7 Å². The van der Waals surface area contributed by atoms with Crippen LogP contribution in [0.1, 0.15) is 72.5 Å². The van der Waals surface area contributed by atoms with Gasteiger partial charge in [-0.2, -0.15) is 0 Å². The molecule has 2 atom stereocenters. The molecular weight excluding hydrogens is 559 g/mol. The zero-order valence-electron chi connectivity index (χ0n) is 24.3. The highest BCUT2D eigenvalue weighted by molar-refractivity contribution is 5.94. The number of carbonyl (C=O) groups is 3. The van der Waals surface area contributed by atoms with Gasteiger partial charge in [-0.25, -0.2) is 14.2 Å². The van der Waals surface area contributed by atoms with Gasteiger partial charge in [0.05, 0.1) is 48.2 Å². The van der Waals surface area contributed by atoms with Gasteiger partial charge in [-0.05, 0) is 48.9 Å². The van der Waals surface area contributed by atoms with E-state index >= 15 is 4.39 Å². The Morgan fingerprint density at radius 3 is 2.70 bits per heavy atom. The molecule has 0 radical (unpaired) electrons. The lowest BCUT2D eigenvalue weighted by Crippen LogP contribution is -2.44. The molecule has 1 aliphatic carbocycles. The molecule has 0 saturated heterocycles. The molecule has 6 rings (SSSR count). The number of aryl methyl sites for hydroxylation is 1. The number of fused-ring (bicyclic) bond motifs is 5. The highest BCUT2D eigenvalue weighted by atomic mass is 19.1. The molecule has 2 amide bonds. The second-order valence-corrected chi connectivity index (χ2v) is 11.4. The predicted octanol–water partition coefficient (Wildman–Crippen LogP) is 1.86. The van der Waals surface area contributed by atoms with Crippen molar-refractivity contribution >= 4 is 28.7 Å². The number of pyridine rings is 2. The summed E-state index contributed by atoms with van der Waals surface area (Å²) >= 11 is 0.